The van der Waals surface area contributed by atoms with Crippen molar-refractivity contribution in [1.29, 1.82) is 5.41 Å². The molecule has 3 N–H and O–H groups in total. The van der Waals surface area contributed by atoms with Crippen LogP contribution in [0, 0.1) is 11.3 Å². The number of imidazole rings is 1. The summed E-state index contributed by atoms with van der Waals surface area (Å²) in [7, 11) is 1.34. The third kappa shape index (κ3) is 6.95. The van der Waals surface area contributed by atoms with Crippen LogP contribution in [0.25, 0.3) is 11.2 Å². The lowest BCUT2D eigenvalue weighted by molar-refractivity contribution is -0.142. The van der Waals surface area contributed by atoms with E-state index in [4.69, 9.17) is 24.6 Å². The first-order valence-electron chi connectivity index (χ1n) is 13.2. The number of aryl methyl sites for hydroxylation is 1. The Kier molecular flexibility index (Phi) is 9.65. The second kappa shape index (κ2) is 13.4. The Balaban J connectivity index is 1.24. The second-order valence-electron chi connectivity index (χ2n) is 9.81. The van der Waals surface area contributed by atoms with E-state index in [1.54, 1.807) is 23.0 Å². The van der Waals surface area contributed by atoms with Crippen molar-refractivity contribution in [3.8, 4) is 11.5 Å². The normalized spacial score (nSPS) is 17.0. The van der Waals surface area contributed by atoms with E-state index in [1.165, 1.54) is 18.9 Å². The van der Waals surface area contributed by atoms with Gasteiger partial charge in [0, 0.05) is 29.0 Å². The number of nitrogens with zero attached hydrogens (tertiary/aromatic N) is 4. The summed E-state index contributed by atoms with van der Waals surface area (Å²) in [4.78, 5) is 40.1. The van der Waals surface area contributed by atoms with Crippen LogP contribution in [0.2, 0.25) is 0 Å². The Morgan fingerprint density at radius 3 is 2.93 bits per heavy atom. The summed E-state index contributed by atoms with van der Waals surface area (Å²) in [5.74, 6) is 1.99. The number of halogens is 1. The number of amides is 2. The molecular formula is C26H32BrN7O5S2. The molecule has 0 aliphatic carbocycles. The van der Waals surface area contributed by atoms with E-state index in [1.807, 2.05) is 23.0 Å². The number of fused-ring (bicyclic) bond motifs is 2. The zero-order valence-electron chi connectivity index (χ0n) is 22.8. The number of carbonyl (C=O) groups excluding carboxylic acids is 2. The van der Waals surface area contributed by atoms with Gasteiger partial charge in [0.2, 0.25) is 6.79 Å². The minimum absolute atomic E-state index is 0.127. The SMILES string of the molecule is COC(=O)[C@H](CCSC)NC(=O)N1CCCC(CCn2cnc(=N)c3[nH]c(Sc4cc5c(cc4Br)OCO5)nc32)C1. The fourth-order valence-electron chi connectivity index (χ4n) is 4.93. The van der Waals surface area contributed by atoms with Crippen molar-refractivity contribution in [2.75, 3.05) is 39.0 Å². The molecule has 12 nitrogen and oxygen atoms in total. The van der Waals surface area contributed by atoms with Gasteiger partial charge >= 0.3 is 12.0 Å². The van der Waals surface area contributed by atoms with Crippen LogP contribution in [-0.2, 0) is 16.1 Å². The highest BCUT2D eigenvalue weighted by molar-refractivity contribution is 9.10. The Morgan fingerprint density at radius 1 is 1.34 bits per heavy atom. The molecule has 220 valence electrons. The second-order valence-corrected chi connectivity index (χ2v) is 12.7. The van der Waals surface area contributed by atoms with E-state index in [2.05, 4.69) is 31.2 Å². The van der Waals surface area contributed by atoms with Gasteiger partial charge in [-0.3, -0.25) is 5.41 Å². The molecule has 2 amide bonds. The van der Waals surface area contributed by atoms with E-state index >= 15 is 0 Å². The van der Waals surface area contributed by atoms with E-state index < -0.39 is 12.0 Å². The molecule has 41 heavy (non-hydrogen) atoms. The first kappa shape index (κ1) is 29.6. The molecule has 0 saturated carbocycles. The van der Waals surface area contributed by atoms with Crippen LogP contribution in [0.1, 0.15) is 25.7 Å². The summed E-state index contributed by atoms with van der Waals surface area (Å²) in [6.45, 7) is 2.10. The third-order valence-electron chi connectivity index (χ3n) is 7.11. The summed E-state index contributed by atoms with van der Waals surface area (Å²) >= 11 is 6.64. The Morgan fingerprint density at radius 2 is 2.15 bits per heavy atom. The number of aromatic nitrogens is 4. The number of methoxy groups -OCH3 is 1. The van der Waals surface area contributed by atoms with Crippen LogP contribution in [0.5, 0.6) is 11.5 Å². The zero-order chi connectivity index (χ0) is 28.9. The highest BCUT2D eigenvalue weighted by Gasteiger charge is 2.28. The zero-order valence-corrected chi connectivity index (χ0v) is 26.0. The number of urea groups is 1. The third-order valence-corrected chi connectivity index (χ3v) is 9.62. The lowest BCUT2D eigenvalue weighted by atomic mass is 9.95. The molecule has 2 aliphatic heterocycles. The number of likely N-dealkylation sites (tertiary alicyclic amines) is 1. The standard InChI is InChI=1S/C26H32BrN7O5S2/c1-37-24(35)17(6-9-40-2)30-26(36)33-7-3-4-15(12-33)5-8-34-13-29-22(28)21-23(34)32-25(31-21)41-20-11-19-18(10-16(20)27)38-14-39-19/h10-11,13,15,17,28H,3-9,12,14H2,1-2H3,(H,30,36)(H,31,32)/t15?,17-/m0/s1. The fraction of sp³-hybridized carbons (Fsp3) is 0.500. The van der Waals surface area contributed by atoms with Gasteiger partial charge in [0.1, 0.15) is 11.6 Å². The number of benzene rings is 1. The van der Waals surface area contributed by atoms with E-state index in [-0.39, 0.29) is 24.2 Å². The van der Waals surface area contributed by atoms with Gasteiger partial charge in [0.15, 0.2) is 27.8 Å². The van der Waals surface area contributed by atoms with Crippen molar-refractivity contribution in [3.63, 3.8) is 0 Å². The van der Waals surface area contributed by atoms with Gasteiger partial charge in [0.05, 0.1) is 13.4 Å². The van der Waals surface area contributed by atoms with Crippen molar-refractivity contribution >= 4 is 62.6 Å². The molecule has 4 heterocycles. The van der Waals surface area contributed by atoms with Gasteiger partial charge in [-0.1, -0.05) is 11.8 Å². The number of nitrogens with one attached hydrogen (secondary N) is 3. The summed E-state index contributed by atoms with van der Waals surface area (Å²) in [6.07, 6.45) is 6.85. The number of carbonyl (C=O) groups is 2. The molecular weight excluding hydrogens is 634 g/mol. The molecule has 2 atom stereocenters. The number of piperidine rings is 1. The molecule has 0 spiro atoms. The van der Waals surface area contributed by atoms with Gasteiger partial charge in [-0.2, -0.15) is 11.8 Å². The van der Waals surface area contributed by atoms with Crippen LogP contribution in [0.4, 0.5) is 4.79 Å². The summed E-state index contributed by atoms with van der Waals surface area (Å²) in [5, 5.41) is 11.8. The number of esters is 1. The molecule has 1 unspecified atom stereocenters. The van der Waals surface area contributed by atoms with Crippen LogP contribution >= 0.6 is 39.5 Å². The van der Waals surface area contributed by atoms with Crippen molar-refractivity contribution < 1.29 is 23.8 Å². The van der Waals surface area contributed by atoms with Gasteiger partial charge in [-0.15, -0.1) is 0 Å². The maximum absolute atomic E-state index is 13.0. The smallest absolute Gasteiger partial charge is 0.328 e. The average molecular weight is 667 g/mol. The van der Waals surface area contributed by atoms with Gasteiger partial charge in [0.25, 0.3) is 0 Å². The van der Waals surface area contributed by atoms with Gasteiger partial charge in [-0.05, 0) is 71.7 Å². The van der Waals surface area contributed by atoms with Crippen LogP contribution < -0.4 is 20.3 Å². The molecule has 1 aromatic carbocycles. The molecule has 1 fully saturated rings. The molecule has 2 aliphatic rings. The molecule has 2 aromatic heterocycles. The molecule has 3 aromatic rings. The average Bonchev–Trinajstić information content (AvgIpc) is 3.62. The number of hydrogen-bond donors (Lipinski definition) is 3. The van der Waals surface area contributed by atoms with Crippen LogP contribution in [0.15, 0.2) is 33.0 Å². The van der Waals surface area contributed by atoms with Gasteiger partial charge in [-0.25, -0.2) is 19.6 Å². The highest BCUT2D eigenvalue weighted by Crippen LogP contribution is 2.42. The molecule has 0 radical (unpaired) electrons. The first-order valence-corrected chi connectivity index (χ1v) is 16.3. The van der Waals surface area contributed by atoms with E-state index in [0.29, 0.717) is 53.9 Å². The monoisotopic (exact) mass is 665 g/mol. The maximum atomic E-state index is 13.0. The number of aromatic amines is 1. The Labute approximate surface area is 253 Å². The Hall–Kier alpha value is -2.91. The Bertz CT molecular complexity index is 1480. The summed E-state index contributed by atoms with van der Waals surface area (Å²) < 4.78 is 18.6. The number of ether oxygens (including phenoxy) is 3. The quantitative estimate of drug-likeness (QED) is 0.274. The maximum Gasteiger partial charge on any atom is 0.328 e. The topological polar surface area (TPSA) is 147 Å². The number of rotatable bonds is 10. The number of H-pyrrole nitrogens is 1. The first-order chi connectivity index (χ1) is 19.9. The molecule has 5 rings (SSSR count). The molecule has 0 bridgehead atoms. The molecule has 1 saturated heterocycles. The molecule has 15 heteroatoms. The minimum Gasteiger partial charge on any atom is -0.467 e. The van der Waals surface area contributed by atoms with Crippen molar-refractivity contribution in [1.82, 2.24) is 29.7 Å². The lowest BCUT2D eigenvalue weighted by Crippen LogP contribution is -2.51. The highest BCUT2D eigenvalue weighted by atomic mass is 79.9. The van der Waals surface area contributed by atoms with E-state index in [0.717, 1.165) is 34.4 Å². The van der Waals surface area contributed by atoms with Crippen LogP contribution in [-0.4, -0.2) is 81.5 Å². The summed E-state index contributed by atoms with van der Waals surface area (Å²) in [6, 6.07) is 2.89. The van der Waals surface area contributed by atoms with Gasteiger partial charge < -0.3 is 34.0 Å². The van der Waals surface area contributed by atoms with Crippen molar-refractivity contribution in [3.05, 3.63) is 28.4 Å². The van der Waals surface area contributed by atoms with Crippen LogP contribution in [0.3, 0.4) is 0 Å². The predicted octanol–water partition coefficient (Wildman–Crippen LogP) is 3.99. The number of hydrogen-bond acceptors (Lipinski definition) is 10. The minimum atomic E-state index is -0.649. The lowest BCUT2D eigenvalue weighted by Gasteiger charge is -2.33. The summed E-state index contributed by atoms with van der Waals surface area (Å²) in [5.41, 5.74) is 1.35. The van der Waals surface area contributed by atoms with Crippen molar-refractivity contribution in [2.24, 2.45) is 5.92 Å². The number of thioether (sulfide) groups is 1. The fourth-order valence-corrected chi connectivity index (χ4v) is 6.78. The predicted molar refractivity (Wildman–Crippen MR) is 158 cm³/mol. The largest absolute Gasteiger partial charge is 0.467 e. The van der Waals surface area contributed by atoms with E-state index in [9.17, 15) is 9.59 Å². The van der Waals surface area contributed by atoms with Crippen molar-refractivity contribution in [2.45, 2.75) is 48.3 Å².